The van der Waals surface area contributed by atoms with Gasteiger partial charge in [-0.3, -0.25) is 10.1 Å². The lowest BCUT2D eigenvalue weighted by atomic mass is 10.1. The highest BCUT2D eigenvalue weighted by molar-refractivity contribution is 5.86. The van der Waals surface area contributed by atoms with Crippen LogP contribution < -0.4 is 0 Å². The zero-order valence-electron chi connectivity index (χ0n) is 9.63. The third-order valence-corrected chi connectivity index (χ3v) is 2.41. The van der Waals surface area contributed by atoms with E-state index in [0.717, 1.165) is 6.08 Å². The van der Waals surface area contributed by atoms with Gasteiger partial charge in [0, 0.05) is 36.2 Å². The summed E-state index contributed by atoms with van der Waals surface area (Å²) in [5, 5.41) is 19.4. The number of nitrogens with zero attached hydrogens (tertiary/aromatic N) is 3. The smallest absolute Gasteiger partial charge is 0.328 e. The molecule has 96 valence electrons. The lowest BCUT2D eigenvalue weighted by molar-refractivity contribution is -0.384. The first-order valence-electron chi connectivity index (χ1n) is 5.25. The van der Waals surface area contributed by atoms with Gasteiger partial charge in [-0.25, -0.2) is 9.78 Å². The molecule has 19 heavy (non-hydrogen) atoms. The van der Waals surface area contributed by atoms with Crippen LogP contribution in [-0.2, 0) is 4.79 Å². The highest BCUT2D eigenvalue weighted by atomic mass is 16.6. The second-order valence-electron chi connectivity index (χ2n) is 3.64. The van der Waals surface area contributed by atoms with E-state index in [1.54, 1.807) is 23.0 Å². The second kappa shape index (κ2) is 5.13. The summed E-state index contributed by atoms with van der Waals surface area (Å²) in [5.41, 5.74) is 0.934. The van der Waals surface area contributed by atoms with Gasteiger partial charge in [-0.15, -0.1) is 0 Å². The van der Waals surface area contributed by atoms with Crippen LogP contribution in [0.15, 0.2) is 43.0 Å². The van der Waals surface area contributed by atoms with Crippen LogP contribution in [-0.4, -0.2) is 25.6 Å². The summed E-state index contributed by atoms with van der Waals surface area (Å²) >= 11 is 0. The van der Waals surface area contributed by atoms with Gasteiger partial charge < -0.3 is 9.67 Å². The fourth-order valence-corrected chi connectivity index (χ4v) is 1.59. The van der Waals surface area contributed by atoms with E-state index in [-0.39, 0.29) is 5.69 Å². The number of carboxylic acids is 1. The fourth-order valence-electron chi connectivity index (χ4n) is 1.59. The number of carboxylic acid groups (broad SMARTS) is 1. The van der Waals surface area contributed by atoms with E-state index < -0.39 is 10.9 Å². The van der Waals surface area contributed by atoms with Gasteiger partial charge >= 0.3 is 5.97 Å². The number of imidazole rings is 1. The zero-order valence-corrected chi connectivity index (χ0v) is 9.63. The molecule has 0 saturated carbocycles. The van der Waals surface area contributed by atoms with Crippen LogP contribution in [0.1, 0.15) is 5.56 Å². The average Bonchev–Trinajstić information content (AvgIpc) is 2.89. The predicted molar refractivity (Wildman–Crippen MR) is 66.9 cm³/mol. The van der Waals surface area contributed by atoms with Gasteiger partial charge in [0.2, 0.25) is 0 Å². The molecular weight excluding hydrogens is 250 g/mol. The third kappa shape index (κ3) is 2.83. The van der Waals surface area contributed by atoms with E-state index in [1.807, 2.05) is 0 Å². The van der Waals surface area contributed by atoms with Crippen molar-refractivity contribution in [1.29, 1.82) is 0 Å². The molecule has 0 saturated heterocycles. The fraction of sp³-hybridized carbons (Fsp3) is 0. The Morgan fingerprint density at radius 1 is 1.47 bits per heavy atom. The number of benzene rings is 1. The summed E-state index contributed by atoms with van der Waals surface area (Å²) in [5.74, 6) is -1.12. The maximum Gasteiger partial charge on any atom is 0.328 e. The van der Waals surface area contributed by atoms with Crippen molar-refractivity contribution in [2.24, 2.45) is 0 Å². The van der Waals surface area contributed by atoms with Gasteiger partial charge in [0.05, 0.1) is 16.9 Å². The van der Waals surface area contributed by atoms with Crippen molar-refractivity contribution in [2.75, 3.05) is 0 Å². The van der Waals surface area contributed by atoms with E-state index in [4.69, 9.17) is 5.11 Å². The molecular formula is C12H9N3O4. The molecule has 0 aliphatic rings. The number of nitro groups is 1. The van der Waals surface area contributed by atoms with Crippen molar-refractivity contribution in [3.05, 3.63) is 58.7 Å². The first-order chi connectivity index (χ1) is 9.08. The van der Waals surface area contributed by atoms with Crippen LogP contribution in [0.2, 0.25) is 0 Å². The molecule has 2 rings (SSSR count). The van der Waals surface area contributed by atoms with E-state index in [0.29, 0.717) is 11.3 Å². The lowest BCUT2D eigenvalue weighted by Crippen LogP contribution is -1.97. The Bertz CT molecular complexity index is 647. The number of aromatic nitrogens is 2. The van der Waals surface area contributed by atoms with Crippen LogP contribution >= 0.6 is 0 Å². The molecule has 2 aromatic rings. The zero-order chi connectivity index (χ0) is 13.8. The standard InChI is InChI=1S/C12H9N3O4/c16-12(17)4-1-9-7-10(15(18)19)2-3-11(9)14-6-5-13-8-14/h1-8H,(H,16,17)/b4-1+. The molecule has 1 N–H and O–H groups in total. The van der Waals surface area contributed by atoms with Gasteiger partial charge in [-0.2, -0.15) is 0 Å². The Morgan fingerprint density at radius 3 is 2.84 bits per heavy atom. The van der Waals surface area contributed by atoms with Gasteiger partial charge in [-0.05, 0) is 12.1 Å². The van der Waals surface area contributed by atoms with Crippen molar-refractivity contribution >= 4 is 17.7 Å². The molecule has 7 nitrogen and oxygen atoms in total. The van der Waals surface area contributed by atoms with E-state index in [1.165, 1.54) is 24.5 Å². The van der Waals surface area contributed by atoms with Crippen molar-refractivity contribution in [2.45, 2.75) is 0 Å². The van der Waals surface area contributed by atoms with E-state index in [2.05, 4.69) is 4.98 Å². The molecule has 1 heterocycles. The molecule has 0 radical (unpaired) electrons. The third-order valence-electron chi connectivity index (χ3n) is 2.41. The molecule has 0 amide bonds. The molecule has 0 fully saturated rings. The SMILES string of the molecule is O=C(O)/C=C/c1cc([N+](=O)[O-])ccc1-n1ccnc1. The normalized spacial score (nSPS) is 10.7. The molecule has 0 aliphatic heterocycles. The Balaban J connectivity index is 2.53. The van der Waals surface area contributed by atoms with Crippen LogP contribution in [0.3, 0.4) is 0 Å². The van der Waals surface area contributed by atoms with Crippen molar-refractivity contribution in [1.82, 2.24) is 9.55 Å². The Kier molecular flexibility index (Phi) is 3.37. The topological polar surface area (TPSA) is 98.3 Å². The lowest BCUT2D eigenvalue weighted by Gasteiger charge is -2.06. The first kappa shape index (κ1) is 12.5. The second-order valence-corrected chi connectivity index (χ2v) is 3.64. The van der Waals surface area contributed by atoms with Gasteiger partial charge in [-0.1, -0.05) is 0 Å². The Morgan fingerprint density at radius 2 is 2.26 bits per heavy atom. The highest BCUT2D eigenvalue weighted by Crippen LogP contribution is 2.22. The molecule has 0 spiro atoms. The number of nitro benzene ring substituents is 1. The van der Waals surface area contributed by atoms with E-state index >= 15 is 0 Å². The Hall–Kier alpha value is -2.96. The predicted octanol–water partition coefficient (Wildman–Crippen LogP) is 1.88. The maximum absolute atomic E-state index is 10.7. The number of aliphatic carboxylic acids is 1. The van der Waals surface area contributed by atoms with Crippen LogP contribution in [0.25, 0.3) is 11.8 Å². The molecule has 0 unspecified atom stereocenters. The summed E-state index contributed by atoms with van der Waals surface area (Å²) in [4.78, 5) is 24.6. The molecule has 0 atom stereocenters. The Labute approximate surface area is 107 Å². The quantitative estimate of drug-likeness (QED) is 0.513. The van der Waals surface area contributed by atoms with Gasteiger partial charge in [0.15, 0.2) is 0 Å². The minimum atomic E-state index is -1.12. The highest BCUT2D eigenvalue weighted by Gasteiger charge is 2.10. The van der Waals surface area contributed by atoms with Gasteiger partial charge in [0.25, 0.3) is 5.69 Å². The minimum absolute atomic E-state index is 0.103. The van der Waals surface area contributed by atoms with Crippen LogP contribution in [0, 0.1) is 10.1 Å². The van der Waals surface area contributed by atoms with Crippen LogP contribution in [0.4, 0.5) is 5.69 Å². The van der Waals surface area contributed by atoms with Crippen molar-refractivity contribution in [3.63, 3.8) is 0 Å². The molecule has 0 bridgehead atoms. The van der Waals surface area contributed by atoms with Crippen LogP contribution in [0.5, 0.6) is 0 Å². The molecule has 1 aromatic carbocycles. The minimum Gasteiger partial charge on any atom is -0.478 e. The summed E-state index contributed by atoms with van der Waals surface area (Å²) in [7, 11) is 0. The largest absolute Gasteiger partial charge is 0.478 e. The van der Waals surface area contributed by atoms with Gasteiger partial charge in [0.1, 0.15) is 0 Å². The molecule has 1 aromatic heterocycles. The molecule has 7 heteroatoms. The summed E-state index contributed by atoms with van der Waals surface area (Å²) in [6.07, 6.45) is 6.99. The monoisotopic (exact) mass is 259 g/mol. The number of non-ortho nitro benzene ring substituents is 1. The number of hydrogen-bond acceptors (Lipinski definition) is 4. The summed E-state index contributed by atoms with van der Waals surface area (Å²) in [6.45, 7) is 0. The number of carbonyl (C=O) groups is 1. The van der Waals surface area contributed by atoms with Crippen molar-refractivity contribution in [3.8, 4) is 5.69 Å². The first-order valence-corrected chi connectivity index (χ1v) is 5.25. The van der Waals surface area contributed by atoms with Crippen molar-refractivity contribution < 1.29 is 14.8 Å². The van der Waals surface area contributed by atoms with E-state index in [9.17, 15) is 14.9 Å². The average molecular weight is 259 g/mol. The number of rotatable bonds is 4. The summed E-state index contributed by atoms with van der Waals surface area (Å²) in [6, 6.07) is 4.21. The summed E-state index contributed by atoms with van der Waals surface area (Å²) < 4.78 is 1.64. The maximum atomic E-state index is 10.7. The number of hydrogen-bond donors (Lipinski definition) is 1. The molecule has 0 aliphatic carbocycles.